The Bertz CT molecular complexity index is 975. The third-order valence-electron chi connectivity index (χ3n) is 5.17. The molecule has 0 radical (unpaired) electrons. The molecule has 9 nitrogen and oxygen atoms in total. The van der Waals surface area contributed by atoms with Crippen LogP contribution in [0, 0.1) is 0 Å². The van der Waals surface area contributed by atoms with Crippen LogP contribution in [0.3, 0.4) is 0 Å². The SMILES string of the molecule is COC(=O)COc1cc2c(c(OCC(=O)OC)c1)C(=O)O[C@@H](C)C(C)=CCC(=O)CCCC=C2. The lowest BCUT2D eigenvalue weighted by atomic mass is 10.0. The van der Waals surface area contributed by atoms with Gasteiger partial charge in [-0.3, -0.25) is 4.79 Å². The molecule has 0 amide bonds. The van der Waals surface area contributed by atoms with Crippen LogP contribution in [-0.2, 0) is 28.6 Å². The van der Waals surface area contributed by atoms with Crippen molar-refractivity contribution in [3.05, 3.63) is 41.0 Å². The lowest BCUT2D eigenvalue weighted by molar-refractivity contribution is -0.143. The zero-order chi connectivity index (χ0) is 25.1. The monoisotopic (exact) mass is 474 g/mol. The highest BCUT2D eigenvalue weighted by Crippen LogP contribution is 2.32. The van der Waals surface area contributed by atoms with Gasteiger partial charge >= 0.3 is 17.9 Å². The van der Waals surface area contributed by atoms with Crippen LogP contribution in [0.2, 0.25) is 0 Å². The molecule has 0 bridgehead atoms. The molecular weight excluding hydrogens is 444 g/mol. The summed E-state index contributed by atoms with van der Waals surface area (Å²) in [5.74, 6) is -1.54. The summed E-state index contributed by atoms with van der Waals surface area (Å²) in [7, 11) is 2.46. The van der Waals surface area contributed by atoms with Crippen molar-refractivity contribution in [1.82, 2.24) is 0 Å². The summed E-state index contributed by atoms with van der Waals surface area (Å²) in [4.78, 5) is 48.4. The van der Waals surface area contributed by atoms with Crippen LogP contribution in [0.1, 0.15) is 55.5 Å². The van der Waals surface area contributed by atoms with Crippen molar-refractivity contribution in [2.24, 2.45) is 0 Å². The summed E-state index contributed by atoms with van der Waals surface area (Å²) < 4.78 is 25.9. The molecule has 1 aromatic carbocycles. The molecular formula is C25H30O9. The Morgan fingerprint density at radius 3 is 2.41 bits per heavy atom. The third-order valence-corrected chi connectivity index (χ3v) is 5.17. The van der Waals surface area contributed by atoms with E-state index in [9.17, 15) is 19.2 Å². The third kappa shape index (κ3) is 8.06. The Morgan fingerprint density at radius 1 is 1.06 bits per heavy atom. The van der Waals surface area contributed by atoms with Gasteiger partial charge in [-0.1, -0.05) is 18.2 Å². The number of hydrogen-bond acceptors (Lipinski definition) is 9. The first kappa shape index (κ1) is 26.6. The van der Waals surface area contributed by atoms with Gasteiger partial charge < -0.3 is 23.7 Å². The maximum Gasteiger partial charge on any atom is 0.343 e. The number of rotatable bonds is 6. The van der Waals surface area contributed by atoms with Crippen molar-refractivity contribution in [2.75, 3.05) is 27.4 Å². The van der Waals surface area contributed by atoms with Crippen LogP contribution >= 0.6 is 0 Å². The number of benzene rings is 1. The van der Waals surface area contributed by atoms with Gasteiger partial charge in [0.1, 0.15) is 28.9 Å². The van der Waals surface area contributed by atoms with Crippen molar-refractivity contribution in [1.29, 1.82) is 0 Å². The lowest BCUT2D eigenvalue weighted by Gasteiger charge is -2.19. The molecule has 0 saturated heterocycles. The van der Waals surface area contributed by atoms with Gasteiger partial charge in [-0.25, -0.2) is 14.4 Å². The van der Waals surface area contributed by atoms with Crippen LogP contribution < -0.4 is 9.47 Å². The summed E-state index contributed by atoms with van der Waals surface area (Å²) in [6.45, 7) is 2.69. The van der Waals surface area contributed by atoms with E-state index in [1.807, 2.05) is 6.08 Å². The molecule has 1 atom stereocenters. The Hall–Kier alpha value is -3.62. The van der Waals surface area contributed by atoms with Gasteiger partial charge in [0.25, 0.3) is 0 Å². The Kier molecular flexibility index (Phi) is 10.3. The number of carbonyl (C=O) groups excluding carboxylic acids is 4. The predicted octanol–water partition coefficient (Wildman–Crippen LogP) is 3.44. The Morgan fingerprint density at radius 2 is 1.74 bits per heavy atom. The zero-order valence-electron chi connectivity index (χ0n) is 19.9. The van der Waals surface area contributed by atoms with Gasteiger partial charge in [-0.05, 0) is 43.9 Å². The fourth-order valence-electron chi connectivity index (χ4n) is 3.04. The first-order valence-electron chi connectivity index (χ1n) is 10.9. The van der Waals surface area contributed by atoms with Crippen molar-refractivity contribution in [3.8, 4) is 11.5 Å². The average molecular weight is 475 g/mol. The molecule has 9 heteroatoms. The number of ether oxygens (including phenoxy) is 5. The van der Waals surface area contributed by atoms with E-state index in [2.05, 4.69) is 9.47 Å². The Labute approximate surface area is 198 Å². The van der Waals surface area contributed by atoms with Crippen LogP contribution in [0.15, 0.2) is 29.9 Å². The summed E-state index contributed by atoms with van der Waals surface area (Å²) >= 11 is 0. The van der Waals surface area contributed by atoms with Crippen LogP contribution in [0.25, 0.3) is 6.08 Å². The molecule has 0 aromatic heterocycles. The minimum absolute atomic E-state index is 0.0357. The van der Waals surface area contributed by atoms with E-state index in [4.69, 9.17) is 14.2 Å². The van der Waals surface area contributed by atoms with E-state index < -0.39 is 30.6 Å². The zero-order valence-corrected chi connectivity index (χ0v) is 19.9. The maximum absolute atomic E-state index is 13.2. The number of hydrogen-bond donors (Lipinski definition) is 0. The first-order chi connectivity index (χ1) is 16.2. The topological polar surface area (TPSA) is 114 Å². The largest absolute Gasteiger partial charge is 0.482 e. The smallest absolute Gasteiger partial charge is 0.343 e. The van der Waals surface area contributed by atoms with Crippen molar-refractivity contribution in [3.63, 3.8) is 0 Å². The minimum Gasteiger partial charge on any atom is -0.482 e. The van der Waals surface area contributed by atoms with E-state index in [0.29, 0.717) is 24.8 Å². The molecule has 0 aliphatic carbocycles. The number of esters is 3. The van der Waals surface area contributed by atoms with E-state index in [1.54, 1.807) is 32.1 Å². The number of carbonyl (C=O) groups is 4. The summed E-state index contributed by atoms with van der Waals surface area (Å²) in [5.41, 5.74) is 1.24. The minimum atomic E-state index is -0.678. The van der Waals surface area contributed by atoms with Gasteiger partial charge in [0, 0.05) is 18.9 Å². The molecule has 1 heterocycles. The van der Waals surface area contributed by atoms with Crippen molar-refractivity contribution >= 4 is 29.8 Å². The summed E-state index contributed by atoms with van der Waals surface area (Å²) in [5, 5.41) is 0. The number of methoxy groups -OCH3 is 2. The molecule has 0 unspecified atom stereocenters. The van der Waals surface area contributed by atoms with E-state index in [-0.39, 0.29) is 35.9 Å². The molecule has 0 fully saturated rings. The fraction of sp³-hybridized carbons (Fsp3) is 0.440. The standard InChI is InChI=1S/C25H30O9/c1-16-10-11-19(26)9-7-5-6-8-18-12-20(32-14-22(27)30-3)13-21(33-15-23(28)31-4)24(18)25(29)34-17(16)2/h6,8,10,12-13,17H,5,7,9,11,14-15H2,1-4H3/t17-/m0/s1. The number of Topliss-reactive ketones (excluding diaryl/α,β-unsaturated/α-hetero) is 1. The molecule has 1 aromatic rings. The molecule has 1 aliphatic heterocycles. The summed E-state index contributed by atoms with van der Waals surface area (Å²) in [6.07, 6.45) is 6.66. The van der Waals surface area contributed by atoms with Gasteiger partial charge in [0.2, 0.25) is 0 Å². The van der Waals surface area contributed by atoms with Crippen LogP contribution in [0.5, 0.6) is 11.5 Å². The highest BCUT2D eigenvalue weighted by molar-refractivity contribution is 5.97. The molecule has 1 aliphatic rings. The highest BCUT2D eigenvalue weighted by Gasteiger charge is 2.24. The molecule has 0 N–H and O–H groups in total. The number of fused-ring (bicyclic) bond motifs is 1. The fourth-order valence-corrected chi connectivity index (χ4v) is 3.04. The number of ketones is 1. The van der Waals surface area contributed by atoms with E-state index >= 15 is 0 Å². The van der Waals surface area contributed by atoms with Gasteiger partial charge in [0.15, 0.2) is 13.2 Å². The highest BCUT2D eigenvalue weighted by atomic mass is 16.6. The quantitative estimate of drug-likeness (QED) is 0.347. The van der Waals surface area contributed by atoms with E-state index in [1.165, 1.54) is 20.3 Å². The average Bonchev–Trinajstić information content (AvgIpc) is 2.82. The second-order valence-electron chi connectivity index (χ2n) is 7.65. The molecule has 0 spiro atoms. The Balaban J connectivity index is 2.52. The second-order valence-corrected chi connectivity index (χ2v) is 7.65. The first-order valence-corrected chi connectivity index (χ1v) is 10.9. The molecule has 2 rings (SSSR count). The number of cyclic esters (lactones) is 1. The number of allylic oxidation sites excluding steroid dienone is 2. The van der Waals surface area contributed by atoms with E-state index in [0.717, 1.165) is 5.57 Å². The lowest BCUT2D eigenvalue weighted by Crippen LogP contribution is -2.20. The van der Waals surface area contributed by atoms with Gasteiger partial charge in [-0.2, -0.15) is 0 Å². The van der Waals surface area contributed by atoms with Crippen molar-refractivity contribution < 1.29 is 42.9 Å². The molecule has 0 saturated carbocycles. The van der Waals surface area contributed by atoms with Crippen molar-refractivity contribution in [2.45, 2.75) is 45.6 Å². The molecule has 34 heavy (non-hydrogen) atoms. The normalized spacial score (nSPS) is 16.9. The van der Waals surface area contributed by atoms with Gasteiger partial charge in [-0.15, -0.1) is 0 Å². The second kappa shape index (κ2) is 13.2. The van der Waals surface area contributed by atoms with Crippen LogP contribution in [0.4, 0.5) is 0 Å². The maximum atomic E-state index is 13.2. The summed E-state index contributed by atoms with van der Waals surface area (Å²) in [6, 6.07) is 2.96. The predicted molar refractivity (Wildman–Crippen MR) is 123 cm³/mol. The van der Waals surface area contributed by atoms with Crippen LogP contribution in [-0.4, -0.2) is 57.2 Å². The molecule has 184 valence electrons. The van der Waals surface area contributed by atoms with Gasteiger partial charge in [0.05, 0.1) is 14.2 Å².